The average molecular weight is 407 g/mol. The summed E-state index contributed by atoms with van der Waals surface area (Å²) in [6, 6.07) is 10.2. The lowest BCUT2D eigenvalue weighted by atomic mass is 10.1. The fourth-order valence-electron chi connectivity index (χ4n) is 3.27. The van der Waals surface area contributed by atoms with E-state index in [1.807, 2.05) is 51.1 Å². The lowest BCUT2D eigenvalue weighted by Gasteiger charge is -2.13. The van der Waals surface area contributed by atoms with Gasteiger partial charge in [0, 0.05) is 36.6 Å². The van der Waals surface area contributed by atoms with Gasteiger partial charge in [-0.3, -0.25) is 4.90 Å². The van der Waals surface area contributed by atoms with Crippen molar-refractivity contribution < 1.29 is 13.9 Å². The van der Waals surface area contributed by atoms with Crippen molar-refractivity contribution in [3.63, 3.8) is 0 Å². The topological polar surface area (TPSA) is 92.5 Å². The van der Waals surface area contributed by atoms with Crippen LogP contribution in [0.2, 0.25) is 0 Å². The second-order valence-electron chi connectivity index (χ2n) is 7.31. The summed E-state index contributed by atoms with van der Waals surface area (Å²) in [6.07, 6.45) is 3.34. The van der Waals surface area contributed by atoms with Crippen LogP contribution in [0, 0.1) is 6.92 Å². The molecule has 1 aromatic carbocycles. The smallest absolute Gasteiger partial charge is 0.323 e. The Bertz CT molecular complexity index is 1030. The van der Waals surface area contributed by atoms with Gasteiger partial charge in [-0.15, -0.1) is 0 Å². The molecule has 0 saturated carbocycles. The molecule has 4 rings (SSSR count). The number of nitrogens with zero attached hydrogens (tertiary/aromatic N) is 3. The highest BCUT2D eigenvalue weighted by molar-refractivity contribution is 5.93. The zero-order chi connectivity index (χ0) is 21.1. The molecule has 1 saturated heterocycles. The average Bonchev–Trinajstić information content (AvgIpc) is 3.34. The predicted molar refractivity (Wildman–Crippen MR) is 115 cm³/mol. The van der Waals surface area contributed by atoms with Crippen LogP contribution in [0.4, 0.5) is 22.3 Å². The molecule has 1 fully saturated rings. The number of ether oxygens (including phenoxy) is 1. The number of aromatic nitrogens is 2. The summed E-state index contributed by atoms with van der Waals surface area (Å²) >= 11 is 0. The highest BCUT2D eigenvalue weighted by atomic mass is 16.5. The molecular formula is C22H25N5O3. The number of hydrogen-bond acceptors (Lipinski definition) is 6. The molecule has 30 heavy (non-hydrogen) atoms. The van der Waals surface area contributed by atoms with Crippen LogP contribution in [0.5, 0.6) is 0 Å². The Kier molecular flexibility index (Phi) is 5.67. The Morgan fingerprint density at radius 3 is 2.83 bits per heavy atom. The Morgan fingerprint density at radius 2 is 2.13 bits per heavy atom. The van der Waals surface area contributed by atoms with Gasteiger partial charge < -0.3 is 19.8 Å². The highest BCUT2D eigenvalue weighted by Crippen LogP contribution is 2.27. The van der Waals surface area contributed by atoms with Crippen molar-refractivity contribution in [2.45, 2.75) is 33.4 Å². The lowest BCUT2D eigenvalue weighted by molar-refractivity contribution is 0.134. The Morgan fingerprint density at radius 1 is 1.27 bits per heavy atom. The highest BCUT2D eigenvalue weighted by Gasteiger charge is 2.27. The van der Waals surface area contributed by atoms with Crippen LogP contribution in [0.15, 0.2) is 47.1 Å². The van der Waals surface area contributed by atoms with E-state index in [1.54, 1.807) is 17.3 Å². The van der Waals surface area contributed by atoms with Gasteiger partial charge in [0.05, 0.1) is 12.8 Å². The molecule has 0 spiro atoms. The maximum Gasteiger partial charge on any atom is 0.323 e. The molecule has 3 heterocycles. The van der Waals surface area contributed by atoms with E-state index < -0.39 is 0 Å². The van der Waals surface area contributed by atoms with E-state index in [-0.39, 0.29) is 12.1 Å². The van der Waals surface area contributed by atoms with E-state index >= 15 is 0 Å². The predicted octanol–water partition coefficient (Wildman–Crippen LogP) is 4.24. The van der Waals surface area contributed by atoms with Crippen molar-refractivity contribution in [3.05, 3.63) is 53.9 Å². The van der Waals surface area contributed by atoms with Crippen LogP contribution in [0.1, 0.15) is 25.0 Å². The molecule has 1 aliphatic heterocycles. The van der Waals surface area contributed by atoms with Gasteiger partial charge in [0.2, 0.25) is 0 Å². The van der Waals surface area contributed by atoms with Crippen LogP contribution in [-0.4, -0.2) is 35.2 Å². The number of aryl methyl sites for hydroxylation is 1. The van der Waals surface area contributed by atoms with E-state index in [1.165, 1.54) is 0 Å². The van der Waals surface area contributed by atoms with Crippen molar-refractivity contribution in [2.75, 3.05) is 23.4 Å². The molecule has 156 valence electrons. The number of hydrogen-bond donors (Lipinski definition) is 2. The van der Waals surface area contributed by atoms with Crippen molar-refractivity contribution in [2.24, 2.45) is 0 Å². The van der Waals surface area contributed by atoms with Gasteiger partial charge in [-0.25, -0.2) is 14.8 Å². The normalized spacial score (nSPS) is 16.0. The maximum absolute atomic E-state index is 12.0. The van der Waals surface area contributed by atoms with E-state index in [9.17, 15) is 4.79 Å². The molecule has 0 radical (unpaired) electrons. The van der Waals surface area contributed by atoms with Crippen LogP contribution in [0.3, 0.4) is 0 Å². The summed E-state index contributed by atoms with van der Waals surface area (Å²) in [6.45, 7) is 7.80. The maximum atomic E-state index is 12.0. The van der Waals surface area contributed by atoms with Crippen molar-refractivity contribution in [3.8, 4) is 11.3 Å². The van der Waals surface area contributed by atoms with Crippen molar-refractivity contribution in [1.82, 2.24) is 15.3 Å². The number of carbonyl (C=O) groups is 1. The van der Waals surface area contributed by atoms with Gasteiger partial charge in [-0.2, -0.15) is 0 Å². The largest absolute Gasteiger partial charge is 0.423 e. The molecule has 0 aliphatic carbocycles. The summed E-state index contributed by atoms with van der Waals surface area (Å²) in [5, 5.41) is 6.09. The SMILES string of the molecule is CCOCc1ccc(C)c(Nc2ncc(-c3ccc(N4C[C@@H](C)NC4=O)nc3)o2)c1. The Labute approximate surface area is 175 Å². The first kappa shape index (κ1) is 19.9. The van der Waals surface area contributed by atoms with Crippen LogP contribution in [-0.2, 0) is 11.3 Å². The number of pyridine rings is 1. The minimum Gasteiger partial charge on any atom is -0.423 e. The van der Waals surface area contributed by atoms with Gasteiger partial charge in [0.25, 0.3) is 6.01 Å². The summed E-state index contributed by atoms with van der Waals surface area (Å²) in [5.41, 5.74) is 3.87. The number of anilines is 3. The van der Waals surface area contributed by atoms with Crippen molar-refractivity contribution in [1.29, 1.82) is 0 Å². The third-order valence-electron chi connectivity index (χ3n) is 4.90. The molecule has 0 unspecified atom stereocenters. The second kappa shape index (κ2) is 8.54. The number of urea groups is 1. The van der Waals surface area contributed by atoms with Gasteiger partial charge in [0.1, 0.15) is 5.82 Å². The van der Waals surface area contributed by atoms with Gasteiger partial charge in [-0.05, 0) is 50.1 Å². The van der Waals surface area contributed by atoms with E-state index in [0.29, 0.717) is 37.4 Å². The number of rotatable bonds is 7. The summed E-state index contributed by atoms with van der Waals surface area (Å²) in [5.74, 6) is 1.21. The molecule has 2 amide bonds. The van der Waals surface area contributed by atoms with Crippen LogP contribution in [0.25, 0.3) is 11.3 Å². The number of nitrogens with one attached hydrogen (secondary N) is 2. The summed E-state index contributed by atoms with van der Waals surface area (Å²) < 4.78 is 11.4. The molecule has 0 bridgehead atoms. The Balaban J connectivity index is 1.47. The molecule has 3 aromatic rings. The van der Waals surface area contributed by atoms with Crippen LogP contribution >= 0.6 is 0 Å². The first-order valence-electron chi connectivity index (χ1n) is 9.98. The van der Waals surface area contributed by atoms with E-state index in [2.05, 4.69) is 20.6 Å². The summed E-state index contributed by atoms with van der Waals surface area (Å²) in [4.78, 5) is 22.3. The number of benzene rings is 1. The zero-order valence-corrected chi connectivity index (χ0v) is 17.3. The van der Waals surface area contributed by atoms with Gasteiger partial charge in [-0.1, -0.05) is 12.1 Å². The third-order valence-corrected chi connectivity index (χ3v) is 4.90. The van der Waals surface area contributed by atoms with Gasteiger partial charge >= 0.3 is 6.03 Å². The van der Waals surface area contributed by atoms with Gasteiger partial charge in [0.15, 0.2) is 5.76 Å². The first-order chi connectivity index (χ1) is 14.5. The molecule has 2 N–H and O–H groups in total. The third kappa shape index (κ3) is 4.28. The second-order valence-corrected chi connectivity index (χ2v) is 7.31. The minimum atomic E-state index is -0.129. The molecule has 1 aliphatic rings. The quantitative estimate of drug-likeness (QED) is 0.608. The Hall–Kier alpha value is -3.39. The monoisotopic (exact) mass is 407 g/mol. The number of oxazole rings is 1. The van der Waals surface area contributed by atoms with E-state index in [4.69, 9.17) is 9.15 Å². The van der Waals surface area contributed by atoms with Crippen LogP contribution < -0.4 is 15.5 Å². The summed E-state index contributed by atoms with van der Waals surface area (Å²) in [7, 11) is 0. The fraction of sp³-hybridized carbons (Fsp3) is 0.318. The molecule has 8 nitrogen and oxygen atoms in total. The zero-order valence-electron chi connectivity index (χ0n) is 17.3. The first-order valence-corrected chi connectivity index (χ1v) is 9.98. The standard InChI is InChI=1S/C22H25N5O3/c1-4-29-13-16-6-5-14(2)18(9-16)26-21-24-11-19(30-21)17-7-8-20(23-10-17)27-12-15(3)25-22(27)28/h5-11,15H,4,12-13H2,1-3H3,(H,24,26)(H,25,28)/t15-/m1/s1. The fourth-order valence-corrected chi connectivity index (χ4v) is 3.27. The molecule has 8 heteroatoms. The molecular weight excluding hydrogens is 382 g/mol. The number of carbonyl (C=O) groups excluding carboxylic acids is 1. The molecule has 1 atom stereocenters. The van der Waals surface area contributed by atoms with Crippen molar-refractivity contribution >= 4 is 23.6 Å². The molecule has 2 aromatic heterocycles. The van der Waals surface area contributed by atoms with E-state index in [0.717, 1.165) is 22.4 Å². The number of amides is 2. The minimum absolute atomic E-state index is 0.109. The lowest BCUT2D eigenvalue weighted by Crippen LogP contribution is -2.28.